The van der Waals surface area contributed by atoms with Gasteiger partial charge in [0.15, 0.2) is 0 Å². The molecule has 16 heavy (non-hydrogen) atoms. The van der Waals surface area contributed by atoms with Crippen LogP contribution < -0.4 is 10.1 Å². The molecule has 1 unspecified atom stereocenters. The molecule has 1 N–H and O–H groups in total. The van der Waals surface area contributed by atoms with Gasteiger partial charge < -0.3 is 10.1 Å². The summed E-state index contributed by atoms with van der Waals surface area (Å²) in [6, 6.07) is 4.42. The van der Waals surface area contributed by atoms with Crippen LogP contribution in [0, 0.1) is 12.8 Å². The molecule has 0 spiro atoms. The van der Waals surface area contributed by atoms with Crippen LogP contribution in [-0.2, 0) is 6.42 Å². The van der Waals surface area contributed by atoms with Gasteiger partial charge in [-0.15, -0.1) is 0 Å². The van der Waals surface area contributed by atoms with Gasteiger partial charge in [0, 0.05) is 0 Å². The Hall–Kier alpha value is -0.540. The lowest BCUT2D eigenvalue weighted by Gasteiger charge is -2.12. The largest absolute Gasteiger partial charge is 0.495 e. The molecule has 3 heteroatoms. The zero-order valence-electron chi connectivity index (χ0n) is 9.85. The molecule has 0 bridgehead atoms. The van der Waals surface area contributed by atoms with Crippen molar-refractivity contribution in [3.63, 3.8) is 0 Å². The minimum absolute atomic E-state index is 0.791. The zero-order valence-corrected chi connectivity index (χ0v) is 11.4. The summed E-state index contributed by atoms with van der Waals surface area (Å²) in [6.45, 7) is 4.42. The zero-order chi connectivity index (χ0) is 11.5. The highest BCUT2D eigenvalue weighted by atomic mass is 79.9. The Morgan fingerprint density at radius 2 is 2.31 bits per heavy atom. The average Bonchev–Trinajstić information content (AvgIpc) is 2.70. The van der Waals surface area contributed by atoms with Gasteiger partial charge in [0.25, 0.3) is 0 Å². The second kappa shape index (κ2) is 5.19. The van der Waals surface area contributed by atoms with Gasteiger partial charge in [-0.1, -0.05) is 6.07 Å². The van der Waals surface area contributed by atoms with E-state index >= 15 is 0 Å². The SMILES string of the molecule is COc1c(C)cc(CC2CCNC2)cc1Br. The Morgan fingerprint density at radius 1 is 1.50 bits per heavy atom. The normalized spacial score (nSPS) is 20.1. The quantitative estimate of drug-likeness (QED) is 0.921. The summed E-state index contributed by atoms with van der Waals surface area (Å²) >= 11 is 3.57. The molecule has 2 nitrogen and oxygen atoms in total. The van der Waals surface area contributed by atoms with Crippen molar-refractivity contribution in [2.45, 2.75) is 19.8 Å². The highest BCUT2D eigenvalue weighted by molar-refractivity contribution is 9.10. The number of hydrogen-bond donors (Lipinski definition) is 1. The van der Waals surface area contributed by atoms with Crippen molar-refractivity contribution in [2.75, 3.05) is 20.2 Å². The van der Waals surface area contributed by atoms with E-state index in [1.807, 2.05) is 0 Å². The number of benzene rings is 1. The highest BCUT2D eigenvalue weighted by Crippen LogP contribution is 2.31. The van der Waals surface area contributed by atoms with Crippen LogP contribution in [0.3, 0.4) is 0 Å². The first-order valence-electron chi connectivity index (χ1n) is 5.74. The van der Waals surface area contributed by atoms with E-state index in [1.54, 1.807) is 7.11 Å². The van der Waals surface area contributed by atoms with Crippen LogP contribution >= 0.6 is 15.9 Å². The van der Waals surface area contributed by atoms with Crippen LogP contribution in [0.25, 0.3) is 0 Å². The van der Waals surface area contributed by atoms with E-state index in [0.717, 1.165) is 29.1 Å². The Balaban J connectivity index is 2.15. The summed E-state index contributed by atoms with van der Waals surface area (Å²) in [5, 5.41) is 3.41. The molecule has 1 aliphatic rings. The van der Waals surface area contributed by atoms with Crippen LogP contribution in [0.1, 0.15) is 17.5 Å². The second-order valence-electron chi connectivity index (χ2n) is 4.49. The molecule has 0 aliphatic carbocycles. The lowest BCUT2D eigenvalue weighted by atomic mass is 9.97. The van der Waals surface area contributed by atoms with Gasteiger partial charge in [-0.3, -0.25) is 0 Å². The van der Waals surface area contributed by atoms with Crippen molar-refractivity contribution < 1.29 is 4.74 Å². The Bertz CT molecular complexity index is 349. The van der Waals surface area contributed by atoms with Crippen molar-refractivity contribution in [1.29, 1.82) is 0 Å². The molecule has 1 aromatic rings. The molecular weight excluding hydrogens is 266 g/mol. The van der Waals surface area contributed by atoms with E-state index in [9.17, 15) is 0 Å². The van der Waals surface area contributed by atoms with E-state index in [-0.39, 0.29) is 0 Å². The number of aryl methyl sites for hydroxylation is 1. The Labute approximate surface area is 106 Å². The van der Waals surface area contributed by atoms with E-state index in [0.29, 0.717) is 0 Å². The lowest BCUT2D eigenvalue weighted by Crippen LogP contribution is -2.10. The van der Waals surface area contributed by atoms with Crippen molar-refractivity contribution >= 4 is 15.9 Å². The van der Waals surface area contributed by atoms with Gasteiger partial charge in [-0.2, -0.15) is 0 Å². The number of halogens is 1. The first-order chi connectivity index (χ1) is 7.70. The topological polar surface area (TPSA) is 21.3 Å². The van der Waals surface area contributed by atoms with Crippen LogP contribution in [0.5, 0.6) is 5.75 Å². The molecule has 1 heterocycles. The smallest absolute Gasteiger partial charge is 0.135 e. The third-order valence-electron chi connectivity index (χ3n) is 3.18. The van der Waals surface area contributed by atoms with Crippen molar-refractivity contribution in [3.05, 3.63) is 27.7 Å². The maximum atomic E-state index is 5.34. The maximum absolute atomic E-state index is 5.34. The summed E-state index contributed by atoms with van der Waals surface area (Å²) in [5.41, 5.74) is 2.61. The monoisotopic (exact) mass is 283 g/mol. The van der Waals surface area contributed by atoms with Crippen molar-refractivity contribution in [3.8, 4) is 5.75 Å². The summed E-state index contributed by atoms with van der Waals surface area (Å²) in [7, 11) is 1.72. The van der Waals surface area contributed by atoms with Gasteiger partial charge in [0.1, 0.15) is 5.75 Å². The Morgan fingerprint density at radius 3 is 2.88 bits per heavy atom. The molecule has 1 atom stereocenters. The van der Waals surface area contributed by atoms with Gasteiger partial charge >= 0.3 is 0 Å². The molecule has 2 rings (SSSR count). The van der Waals surface area contributed by atoms with Crippen LogP contribution in [0.2, 0.25) is 0 Å². The standard InChI is InChI=1S/C13H18BrNO/c1-9-5-11(6-10-3-4-15-8-10)7-12(14)13(9)16-2/h5,7,10,15H,3-4,6,8H2,1-2H3. The first kappa shape index (κ1) is 11.9. The average molecular weight is 284 g/mol. The first-order valence-corrected chi connectivity index (χ1v) is 6.53. The molecule has 0 aromatic heterocycles. The van der Waals surface area contributed by atoms with Crippen molar-refractivity contribution in [2.24, 2.45) is 5.92 Å². The maximum Gasteiger partial charge on any atom is 0.135 e. The van der Waals surface area contributed by atoms with E-state index < -0.39 is 0 Å². The number of nitrogens with one attached hydrogen (secondary N) is 1. The summed E-state index contributed by atoms with van der Waals surface area (Å²) in [6.07, 6.45) is 2.46. The number of rotatable bonds is 3. The molecule has 1 aliphatic heterocycles. The summed E-state index contributed by atoms with van der Waals surface area (Å²) in [4.78, 5) is 0. The molecule has 88 valence electrons. The molecule has 1 saturated heterocycles. The van der Waals surface area contributed by atoms with Gasteiger partial charge in [0.2, 0.25) is 0 Å². The lowest BCUT2D eigenvalue weighted by molar-refractivity contribution is 0.408. The molecule has 0 saturated carbocycles. The number of hydrogen-bond acceptors (Lipinski definition) is 2. The predicted octanol–water partition coefficient (Wildman–Crippen LogP) is 2.92. The van der Waals surface area contributed by atoms with Crippen molar-refractivity contribution in [1.82, 2.24) is 5.32 Å². The van der Waals surface area contributed by atoms with Crippen LogP contribution in [0.15, 0.2) is 16.6 Å². The number of ether oxygens (including phenoxy) is 1. The van der Waals surface area contributed by atoms with E-state index in [2.05, 4.69) is 40.3 Å². The molecular formula is C13H18BrNO. The minimum atomic E-state index is 0.791. The fourth-order valence-electron chi connectivity index (χ4n) is 2.40. The Kier molecular flexibility index (Phi) is 3.87. The fraction of sp³-hybridized carbons (Fsp3) is 0.538. The van der Waals surface area contributed by atoms with Gasteiger partial charge in [-0.25, -0.2) is 0 Å². The van der Waals surface area contributed by atoms with Crippen LogP contribution in [0.4, 0.5) is 0 Å². The molecule has 1 fully saturated rings. The predicted molar refractivity (Wildman–Crippen MR) is 70.1 cm³/mol. The summed E-state index contributed by atoms with van der Waals surface area (Å²) < 4.78 is 6.41. The molecule has 0 radical (unpaired) electrons. The van der Waals surface area contributed by atoms with Gasteiger partial charge in [-0.05, 0) is 71.9 Å². The highest BCUT2D eigenvalue weighted by Gasteiger charge is 2.16. The van der Waals surface area contributed by atoms with E-state index in [1.165, 1.54) is 24.1 Å². The fourth-order valence-corrected chi connectivity index (χ4v) is 3.17. The number of methoxy groups -OCH3 is 1. The second-order valence-corrected chi connectivity index (χ2v) is 5.35. The third-order valence-corrected chi connectivity index (χ3v) is 3.77. The molecule has 0 amide bonds. The van der Waals surface area contributed by atoms with E-state index in [4.69, 9.17) is 4.74 Å². The minimum Gasteiger partial charge on any atom is -0.495 e. The van der Waals surface area contributed by atoms with Gasteiger partial charge in [0.05, 0.1) is 11.6 Å². The molecule has 1 aromatic carbocycles. The third kappa shape index (κ3) is 2.58. The summed E-state index contributed by atoms with van der Waals surface area (Å²) in [5.74, 6) is 1.74. The van der Waals surface area contributed by atoms with Crippen LogP contribution in [-0.4, -0.2) is 20.2 Å².